The van der Waals surface area contributed by atoms with E-state index in [9.17, 15) is 9.18 Å². The number of fused-ring (bicyclic) bond motifs is 1. The molecule has 1 heterocycles. The van der Waals surface area contributed by atoms with E-state index >= 15 is 0 Å². The molecule has 0 aliphatic heterocycles. The van der Waals surface area contributed by atoms with Gasteiger partial charge in [-0.15, -0.1) is 11.3 Å². The predicted octanol–water partition coefficient (Wildman–Crippen LogP) is 3.46. The SMILES string of the molecule is O=Cc1sc2cccc(I)c2c1F. The third-order valence-corrected chi connectivity index (χ3v) is 3.69. The van der Waals surface area contributed by atoms with E-state index in [4.69, 9.17) is 0 Å². The van der Waals surface area contributed by atoms with E-state index in [0.29, 0.717) is 11.7 Å². The molecule has 4 heteroatoms. The molecular weight excluding hydrogens is 302 g/mol. The number of benzene rings is 1. The van der Waals surface area contributed by atoms with Crippen LogP contribution in [-0.2, 0) is 0 Å². The van der Waals surface area contributed by atoms with Crippen LogP contribution in [0.5, 0.6) is 0 Å². The Morgan fingerprint density at radius 2 is 2.23 bits per heavy atom. The summed E-state index contributed by atoms with van der Waals surface area (Å²) in [5, 5.41) is 0.565. The second-order valence-electron chi connectivity index (χ2n) is 2.51. The molecule has 1 aromatic heterocycles. The molecule has 0 spiro atoms. The highest BCUT2D eigenvalue weighted by Crippen LogP contribution is 2.31. The van der Waals surface area contributed by atoms with E-state index in [-0.39, 0.29) is 10.7 Å². The number of carbonyl (C=O) groups is 1. The van der Waals surface area contributed by atoms with Crippen molar-refractivity contribution in [3.05, 3.63) is 32.5 Å². The van der Waals surface area contributed by atoms with Gasteiger partial charge in [-0.25, -0.2) is 4.39 Å². The fourth-order valence-electron chi connectivity index (χ4n) is 1.16. The number of hydrogen-bond donors (Lipinski definition) is 0. The van der Waals surface area contributed by atoms with Gasteiger partial charge in [0.05, 0.1) is 0 Å². The molecule has 2 aromatic rings. The lowest BCUT2D eigenvalue weighted by Crippen LogP contribution is -1.79. The van der Waals surface area contributed by atoms with Crippen molar-refractivity contribution in [1.29, 1.82) is 0 Å². The third-order valence-electron chi connectivity index (χ3n) is 1.74. The van der Waals surface area contributed by atoms with Gasteiger partial charge in [-0.3, -0.25) is 4.79 Å². The second-order valence-corrected chi connectivity index (χ2v) is 4.76. The Balaban J connectivity index is 2.92. The monoisotopic (exact) mass is 306 g/mol. The largest absolute Gasteiger partial charge is 0.297 e. The van der Waals surface area contributed by atoms with Gasteiger partial charge in [0.25, 0.3) is 0 Å². The molecule has 0 aliphatic carbocycles. The lowest BCUT2D eigenvalue weighted by molar-refractivity contribution is 0.112. The van der Waals surface area contributed by atoms with Gasteiger partial charge in [0, 0.05) is 13.7 Å². The van der Waals surface area contributed by atoms with E-state index in [1.807, 2.05) is 18.2 Å². The van der Waals surface area contributed by atoms with E-state index in [0.717, 1.165) is 8.27 Å². The molecule has 66 valence electrons. The Bertz CT molecular complexity index is 478. The first-order chi connectivity index (χ1) is 6.24. The van der Waals surface area contributed by atoms with Gasteiger partial charge >= 0.3 is 0 Å². The molecule has 0 unspecified atom stereocenters. The van der Waals surface area contributed by atoms with Crippen LogP contribution < -0.4 is 0 Å². The van der Waals surface area contributed by atoms with E-state index in [2.05, 4.69) is 22.6 Å². The van der Waals surface area contributed by atoms with Crippen molar-refractivity contribution < 1.29 is 9.18 Å². The van der Waals surface area contributed by atoms with Crippen LogP contribution in [0.25, 0.3) is 10.1 Å². The first-order valence-corrected chi connectivity index (χ1v) is 5.45. The maximum atomic E-state index is 13.5. The summed E-state index contributed by atoms with van der Waals surface area (Å²) in [5.41, 5.74) is 0. The molecular formula is C9H4FIOS. The highest BCUT2D eigenvalue weighted by molar-refractivity contribution is 14.1. The van der Waals surface area contributed by atoms with Gasteiger partial charge in [-0.05, 0) is 34.7 Å². The molecule has 0 saturated heterocycles. The first kappa shape index (κ1) is 9.08. The molecule has 0 radical (unpaired) electrons. The van der Waals surface area contributed by atoms with E-state index in [1.54, 1.807) is 0 Å². The Morgan fingerprint density at radius 3 is 2.85 bits per heavy atom. The van der Waals surface area contributed by atoms with Crippen molar-refractivity contribution in [1.82, 2.24) is 0 Å². The number of aldehydes is 1. The van der Waals surface area contributed by atoms with Crippen molar-refractivity contribution in [3.8, 4) is 0 Å². The van der Waals surface area contributed by atoms with Gasteiger partial charge < -0.3 is 0 Å². The van der Waals surface area contributed by atoms with Crippen LogP contribution in [0, 0.1) is 9.39 Å². The van der Waals surface area contributed by atoms with Crippen LogP contribution in [0.4, 0.5) is 4.39 Å². The molecule has 13 heavy (non-hydrogen) atoms. The second kappa shape index (κ2) is 3.34. The normalized spacial score (nSPS) is 10.6. The quantitative estimate of drug-likeness (QED) is 0.582. The van der Waals surface area contributed by atoms with Gasteiger partial charge in [-0.2, -0.15) is 0 Å². The van der Waals surface area contributed by atoms with Gasteiger partial charge in [-0.1, -0.05) is 6.07 Å². The van der Waals surface area contributed by atoms with Crippen molar-refractivity contribution in [3.63, 3.8) is 0 Å². The summed E-state index contributed by atoms with van der Waals surface area (Å²) in [6.45, 7) is 0. The maximum Gasteiger partial charge on any atom is 0.163 e. The van der Waals surface area contributed by atoms with Gasteiger partial charge in [0.15, 0.2) is 12.1 Å². The standard InChI is InChI=1S/C9H4FIOS/c10-9-7(4-12)13-6-3-1-2-5(11)8(6)9/h1-4H. The number of hydrogen-bond acceptors (Lipinski definition) is 2. The summed E-state index contributed by atoms with van der Waals surface area (Å²) in [5.74, 6) is -0.389. The first-order valence-electron chi connectivity index (χ1n) is 3.55. The summed E-state index contributed by atoms with van der Waals surface area (Å²) in [4.78, 5) is 10.7. The number of halogens is 2. The zero-order valence-electron chi connectivity index (χ0n) is 6.38. The minimum atomic E-state index is -0.389. The lowest BCUT2D eigenvalue weighted by Gasteiger charge is -1.91. The van der Waals surface area contributed by atoms with Crippen LogP contribution in [0.3, 0.4) is 0 Å². The van der Waals surface area contributed by atoms with Crippen molar-refractivity contribution in [2.45, 2.75) is 0 Å². The van der Waals surface area contributed by atoms with Gasteiger partial charge in [0.2, 0.25) is 0 Å². The number of carbonyl (C=O) groups excluding carboxylic acids is 1. The van der Waals surface area contributed by atoms with Crippen LogP contribution in [0.1, 0.15) is 9.67 Å². The molecule has 0 N–H and O–H groups in total. The van der Waals surface area contributed by atoms with Gasteiger partial charge in [0.1, 0.15) is 4.88 Å². The Hall–Kier alpha value is -0.490. The topological polar surface area (TPSA) is 17.1 Å². The minimum Gasteiger partial charge on any atom is -0.297 e. The van der Waals surface area contributed by atoms with E-state index in [1.165, 1.54) is 11.3 Å². The molecule has 2 rings (SSSR count). The van der Waals surface area contributed by atoms with Crippen LogP contribution in [0.2, 0.25) is 0 Å². The average molecular weight is 306 g/mol. The number of thiophene rings is 1. The summed E-state index contributed by atoms with van der Waals surface area (Å²) in [6, 6.07) is 5.50. The van der Waals surface area contributed by atoms with Crippen molar-refractivity contribution in [2.24, 2.45) is 0 Å². The third kappa shape index (κ3) is 1.38. The Labute approximate surface area is 91.7 Å². The minimum absolute atomic E-state index is 0.180. The Kier molecular flexibility index (Phi) is 2.33. The fourth-order valence-corrected chi connectivity index (χ4v) is 3.01. The average Bonchev–Trinajstić information content (AvgIpc) is 2.44. The summed E-state index contributed by atoms with van der Waals surface area (Å²) >= 11 is 3.25. The zero-order valence-corrected chi connectivity index (χ0v) is 9.36. The fraction of sp³-hybridized carbons (Fsp3) is 0. The molecule has 0 bridgehead atoms. The molecule has 0 amide bonds. The van der Waals surface area contributed by atoms with Crippen LogP contribution in [0.15, 0.2) is 18.2 Å². The van der Waals surface area contributed by atoms with Crippen LogP contribution >= 0.6 is 33.9 Å². The summed E-state index contributed by atoms with van der Waals surface area (Å²) < 4.78 is 15.1. The molecule has 1 nitrogen and oxygen atoms in total. The summed E-state index contributed by atoms with van der Waals surface area (Å²) in [6.07, 6.45) is 0.566. The van der Waals surface area contributed by atoms with Crippen molar-refractivity contribution in [2.75, 3.05) is 0 Å². The molecule has 1 aromatic carbocycles. The molecule has 0 aliphatic rings. The predicted molar refractivity (Wildman–Crippen MR) is 59.9 cm³/mol. The molecule has 0 saturated carbocycles. The van der Waals surface area contributed by atoms with Crippen molar-refractivity contribution >= 4 is 50.3 Å². The molecule has 0 atom stereocenters. The molecule has 0 fully saturated rings. The highest BCUT2D eigenvalue weighted by Gasteiger charge is 2.12. The Morgan fingerprint density at radius 1 is 1.46 bits per heavy atom. The van der Waals surface area contributed by atoms with E-state index < -0.39 is 0 Å². The smallest absolute Gasteiger partial charge is 0.163 e. The number of rotatable bonds is 1. The summed E-state index contributed by atoms with van der Waals surface area (Å²) in [7, 11) is 0. The lowest BCUT2D eigenvalue weighted by atomic mass is 10.2. The maximum absolute atomic E-state index is 13.5. The van der Waals surface area contributed by atoms with Crippen LogP contribution in [-0.4, -0.2) is 6.29 Å². The highest BCUT2D eigenvalue weighted by atomic mass is 127. The zero-order chi connectivity index (χ0) is 9.42.